The van der Waals surface area contributed by atoms with Gasteiger partial charge in [-0.25, -0.2) is 14.8 Å². The molecule has 12 heteroatoms. The summed E-state index contributed by atoms with van der Waals surface area (Å²) in [6, 6.07) is 9.60. The number of anilines is 3. The summed E-state index contributed by atoms with van der Waals surface area (Å²) in [6.45, 7) is 6.35. The number of aryl methyl sites for hydroxylation is 2. The number of nitrogens with one attached hydrogen (secondary N) is 3. The first-order valence-corrected chi connectivity index (χ1v) is 13.9. The molecule has 0 saturated carbocycles. The van der Waals surface area contributed by atoms with Crippen LogP contribution in [0, 0.1) is 6.92 Å². The van der Waals surface area contributed by atoms with E-state index in [0.717, 1.165) is 18.1 Å². The first-order valence-electron chi connectivity index (χ1n) is 13.5. The minimum atomic E-state index is -1.08. The van der Waals surface area contributed by atoms with Gasteiger partial charge in [0.2, 0.25) is 17.8 Å². The number of aromatic carboxylic acids is 1. The van der Waals surface area contributed by atoms with Crippen LogP contribution in [0.15, 0.2) is 73.6 Å². The number of carbonyl (C=O) groups is 4. The molecule has 222 valence electrons. The standard InChI is InChI=1S/C31H31ClN6O5/c1-3-27(39)37-26-11-9-22(30(42)43)15-20(26)6-4-5-7-28(40)36-25-10-8-21(14-19(25)2)29(41)38-13-12-24(18-38)35-31-33-16-23(32)17-34-31/h3,5,7-11,14-17,24H,1,4,6,12-13,18H2,2H3,(H,36,40)(H,37,39)(H,42,43)(H,33,34,35)/b7-5+/t24-/m1/s1. The number of rotatable bonds is 11. The van der Waals surface area contributed by atoms with Gasteiger partial charge in [-0.05, 0) is 85.9 Å². The smallest absolute Gasteiger partial charge is 0.335 e. The fraction of sp³-hybridized carbons (Fsp3) is 0.226. The first kappa shape index (κ1) is 30.9. The summed E-state index contributed by atoms with van der Waals surface area (Å²) in [4.78, 5) is 58.8. The van der Waals surface area contributed by atoms with Gasteiger partial charge in [0, 0.05) is 36.1 Å². The third-order valence-electron chi connectivity index (χ3n) is 6.81. The second kappa shape index (κ2) is 14.2. The van der Waals surface area contributed by atoms with E-state index < -0.39 is 11.9 Å². The Balaban J connectivity index is 1.30. The summed E-state index contributed by atoms with van der Waals surface area (Å²) in [6.07, 6.45) is 8.80. The molecule has 0 spiro atoms. The normalized spacial score (nSPS) is 14.4. The highest BCUT2D eigenvalue weighted by Crippen LogP contribution is 2.22. The van der Waals surface area contributed by atoms with Crippen LogP contribution in [0.25, 0.3) is 0 Å². The van der Waals surface area contributed by atoms with Crippen molar-refractivity contribution >= 4 is 52.6 Å². The zero-order valence-electron chi connectivity index (χ0n) is 23.5. The number of allylic oxidation sites excluding steroid dienone is 1. The topological polar surface area (TPSA) is 154 Å². The number of carboxylic acid groups (broad SMARTS) is 1. The summed E-state index contributed by atoms with van der Waals surface area (Å²) >= 11 is 5.84. The van der Waals surface area contributed by atoms with Crippen molar-refractivity contribution in [2.45, 2.75) is 32.2 Å². The Kier molecular flexibility index (Phi) is 10.2. The molecule has 43 heavy (non-hydrogen) atoms. The van der Waals surface area contributed by atoms with Gasteiger partial charge in [0.25, 0.3) is 5.91 Å². The highest BCUT2D eigenvalue weighted by atomic mass is 35.5. The fourth-order valence-corrected chi connectivity index (χ4v) is 4.69. The van der Waals surface area contributed by atoms with Crippen LogP contribution in [0.3, 0.4) is 0 Å². The number of hydrogen-bond donors (Lipinski definition) is 4. The van der Waals surface area contributed by atoms with Crippen molar-refractivity contribution in [2.24, 2.45) is 0 Å². The van der Waals surface area contributed by atoms with E-state index in [4.69, 9.17) is 11.6 Å². The number of carbonyl (C=O) groups excluding carboxylic acids is 3. The van der Waals surface area contributed by atoms with Gasteiger partial charge in [-0.3, -0.25) is 14.4 Å². The zero-order chi connectivity index (χ0) is 30.9. The van der Waals surface area contributed by atoms with Crippen molar-refractivity contribution in [3.63, 3.8) is 0 Å². The molecule has 1 fully saturated rings. The second-order valence-electron chi connectivity index (χ2n) is 9.94. The lowest BCUT2D eigenvalue weighted by atomic mass is 10.0. The van der Waals surface area contributed by atoms with Gasteiger partial charge in [0.05, 0.1) is 23.0 Å². The molecule has 1 aliphatic heterocycles. The highest BCUT2D eigenvalue weighted by molar-refractivity contribution is 6.30. The number of aromatic nitrogens is 2. The number of nitrogens with zero attached hydrogens (tertiary/aromatic N) is 3. The lowest BCUT2D eigenvalue weighted by molar-refractivity contribution is -0.112. The maximum absolute atomic E-state index is 13.1. The molecule has 0 aliphatic carbocycles. The lowest BCUT2D eigenvalue weighted by Crippen LogP contribution is -2.32. The zero-order valence-corrected chi connectivity index (χ0v) is 24.2. The Morgan fingerprint density at radius 3 is 2.44 bits per heavy atom. The summed E-state index contributed by atoms with van der Waals surface area (Å²) in [5.74, 6) is -1.47. The van der Waals surface area contributed by atoms with Crippen LogP contribution in [0.2, 0.25) is 5.02 Å². The van der Waals surface area contributed by atoms with E-state index in [1.807, 2.05) is 6.92 Å². The summed E-state index contributed by atoms with van der Waals surface area (Å²) in [5.41, 5.74) is 3.04. The fourth-order valence-electron chi connectivity index (χ4n) is 4.59. The van der Waals surface area contributed by atoms with Crippen molar-refractivity contribution in [1.82, 2.24) is 14.9 Å². The maximum atomic E-state index is 13.1. The van der Waals surface area contributed by atoms with E-state index in [9.17, 15) is 24.3 Å². The van der Waals surface area contributed by atoms with E-state index in [0.29, 0.717) is 59.4 Å². The summed E-state index contributed by atoms with van der Waals surface area (Å²) < 4.78 is 0. The quantitative estimate of drug-likeness (QED) is 0.230. The molecular weight excluding hydrogens is 572 g/mol. The van der Waals surface area contributed by atoms with Gasteiger partial charge in [0.1, 0.15) is 0 Å². The summed E-state index contributed by atoms with van der Waals surface area (Å²) in [5, 5.41) is 18.5. The average Bonchev–Trinajstić information content (AvgIpc) is 3.46. The average molecular weight is 603 g/mol. The molecule has 2 aromatic carbocycles. The minimum absolute atomic E-state index is 0.0233. The number of halogens is 1. The number of amides is 3. The number of hydrogen-bond acceptors (Lipinski definition) is 7. The number of likely N-dealkylation sites (tertiary alicyclic amines) is 1. The molecule has 11 nitrogen and oxygen atoms in total. The van der Waals surface area contributed by atoms with E-state index in [2.05, 4.69) is 32.5 Å². The Hall–Kier alpha value is -5.03. The molecule has 2 heterocycles. The Labute approximate surface area is 253 Å². The van der Waals surface area contributed by atoms with Crippen LogP contribution in [0.1, 0.15) is 44.7 Å². The molecule has 3 amide bonds. The van der Waals surface area contributed by atoms with Gasteiger partial charge < -0.3 is 26.0 Å². The van der Waals surface area contributed by atoms with E-state index >= 15 is 0 Å². The predicted molar refractivity (Wildman–Crippen MR) is 164 cm³/mol. The van der Waals surface area contributed by atoms with Crippen LogP contribution in [-0.2, 0) is 16.0 Å². The molecule has 4 rings (SSSR count). The number of benzene rings is 2. The van der Waals surface area contributed by atoms with Crippen molar-refractivity contribution in [3.8, 4) is 0 Å². The molecule has 1 atom stereocenters. The second-order valence-corrected chi connectivity index (χ2v) is 10.4. The maximum Gasteiger partial charge on any atom is 0.335 e. The van der Waals surface area contributed by atoms with Crippen LogP contribution in [0.4, 0.5) is 17.3 Å². The summed E-state index contributed by atoms with van der Waals surface area (Å²) in [7, 11) is 0. The molecule has 1 aromatic heterocycles. The van der Waals surface area contributed by atoms with Crippen LogP contribution in [0.5, 0.6) is 0 Å². The molecule has 0 bridgehead atoms. The van der Waals surface area contributed by atoms with Crippen molar-refractivity contribution in [3.05, 3.63) is 101 Å². The van der Waals surface area contributed by atoms with E-state index in [1.54, 1.807) is 29.2 Å². The molecular formula is C31H31ClN6O5. The van der Waals surface area contributed by atoms with Crippen LogP contribution < -0.4 is 16.0 Å². The minimum Gasteiger partial charge on any atom is -0.478 e. The molecule has 0 unspecified atom stereocenters. The van der Waals surface area contributed by atoms with E-state index in [1.165, 1.54) is 36.7 Å². The molecule has 0 radical (unpaired) electrons. The first-order chi connectivity index (χ1) is 20.6. The SMILES string of the molecule is C=CC(=O)Nc1ccc(C(=O)O)cc1CC/C=C/C(=O)Nc1ccc(C(=O)N2CC[C@@H](Nc3ncc(Cl)cn3)C2)cc1C. The Bertz CT molecular complexity index is 1570. The Morgan fingerprint density at radius 2 is 1.74 bits per heavy atom. The third-order valence-corrected chi connectivity index (χ3v) is 7.00. The third kappa shape index (κ3) is 8.49. The van der Waals surface area contributed by atoms with E-state index in [-0.39, 0.29) is 23.4 Å². The molecule has 4 N–H and O–H groups in total. The molecule has 1 saturated heterocycles. The van der Waals surface area contributed by atoms with Gasteiger partial charge in [0.15, 0.2) is 0 Å². The molecule has 3 aromatic rings. The predicted octanol–water partition coefficient (Wildman–Crippen LogP) is 4.72. The Morgan fingerprint density at radius 1 is 1.05 bits per heavy atom. The number of carboxylic acids is 1. The van der Waals surface area contributed by atoms with Crippen molar-refractivity contribution in [2.75, 3.05) is 29.0 Å². The van der Waals surface area contributed by atoms with Gasteiger partial charge in [-0.1, -0.05) is 24.3 Å². The highest BCUT2D eigenvalue weighted by Gasteiger charge is 2.27. The van der Waals surface area contributed by atoms with Crippen LogP contribution in [-0.4, -0.2) is 62.8 Å². The van der Waals surface area contributed by atoms with Gasteiger partial charge >= 0.3 is 5.97 Å². The van der Waals surface area contributed by atoms with Crippen molar-refractivity contribution < 1.29 is 24.3 Å². The molecule has 1 aliphatic rings. The lowest BCUT2D eigenvalue weighted by Gasteiger charge is -2.18. The van der Waals surface area contributed by atoms with Gasteiger partial charge in [-0.15, -0.1) is 0 Å². The van der Waals surface area contributed by atoms with Crippen LogP contribution >= 0.6 is 11.6 Å². The van der Waals surface area contributed by atoms with Crippen molar-refractivity contribution in [1.29, 1.82) is 0 Å². The van der Waals surface area contributed by atoms with Gasteiger partial charge in [-0.2, -0.15) is 0 Å². The largest absolute Gasteiger partial charge is 0.478 e. The monoisotopic (exact) mass is 602 g/mol.